The number of nitrogens with zero attached hydrogens (tertiary/aromatic N) is 1. The van der Waals surface area contributed by atoms with Crippen LogP contribution in [-0.4, -0.2) is 11.5 Å². The molecule has 18 heavy (non-hydrogen) atoms. The van der Waals surface area contributed by atoms with Crippen molar-refractivity contribution in [2.24, 2.45) is 5.73 Å². The SMILES string of the molecule is NC(CNc1ncc(Br)cc1F)c1ccccc1. The van der Waals surface area contributed by atoms with E-state index in [2.05, 4.69) is 26.2 Å². The Bertz CT molecular complexity index is 519. The van der Waals surface area contributed by atoms with E-state index in [4.69, 9.17) is 5.73 Å². The predicted octanol–water partition coefficient (Wildman–Crippen LogP) is 3.10. The fourth-order valence-corrected chi connectivity index (χ4v) is 1.87. The summed E-state index contributed by atoms with van der Waals surface area (Å²) in [6.07, 6.45) is 1.54. The van der Waals surface area contributed by atoms with Gasteiger partial charge in [-0.25, -0.2) is 9.37 Å². The van der Waals surface area contributed by atoms with Crippen molar-refractivity contribution in [3.8, 4) is 0 Å². The van der Waals surface area contributed by atoms with Crippen LogP contribution in [0.25, 0.3) is 0 Å². The number of aromatic nitrogens is 1. The van der Waals surface area contributed by atoms with Gasteiger partial charge in [0, 0.05) is 23.3 Å². The molecule has 1 atom stereocenters. The molecule has 1 aromatic carbocycles. The van der Waals surface area contributed by atoms with E-state index in [9.17, 15) is 4.39 Å². The van der Waals surface area contributed by atoms with E-state index in [1.165, 1.54) is 6.07 Å². The van der Waals surface area contributed by atoms with Gasteiger partial charge in [-0.1, -0.05) is 30.3 Å². The zero-order valence-corrected chi connectivity index (χ0v) is 11.2. The molecule has 2 aromatic rings. The van der Waals surface area contributed by atoms with Crippen molar-refractivity contribution in [3.05, 3.63) is 58.4 Å². The van der Waals surface area contributed by atoms with Crippen LogP contribution in [0.15, 0.2) is 47.1 Å². The van der Waals surface area contributed by atoms with E-state index in [0.717, 1.165) is 5.56 Å². The van der Waals surface area contributed by atoms with Crippen molar-refractivity contribution in [3.63, 3.8) is 0 Å². The highest BCUT2D eigenvalue weighted by Crippen LogP contribution is 2.17. The second-order valence-corrected chi connectivity index (χ2v) is 4.80. The predicted molar refractivity (Wildman–Crippen MR) is 73.8 cm³/mol. The topological polar surface area (TPSA) is 50.9 Å². The molecule has 2 rings (SSSR count). The number of benzene rings is 1. The molecule has 0 aliphatic rings. The van der Waals surface area contributed by atoms with Crippen LogP contribution in [-0.2, 0) is 0 Å². The summed E-state index contributed by atoms with van der Waals surface area (Å²) in [6.45, 7) is 0.426. The molecule has 0 amide bonds. The minimum atomic E-state index is -0.398. The van der Waals surface area contributed by atoms with Crippen molar-refractivity contribution in [1.82, 2.24) is 4.98 Å². The van der Waals surface area contributed by atoms with E-state index in [-0.39, 0.29) is 11.9 Å². The number of pyridine rings is 1. The third-order valence-electron chi connectivity index (χ3n) is 2.52. The van der Waals surface area contributed by atoms with E-state index in [0.29, 0.717) is 11.0 Å². The molecule has 3 nitrogen and oxygen atoms in total. The first-order chi connectivity index (χ1) is 8.66. The van der Waals surface area contributed by atoms with Gasteiger partial charge in [0.15, 0.2) is 11.6 Å². The first-order valence-electron chi connectivity index (χ1n) is 5.52. The summed E-state index contributed by atoms with van der Waals surface area (Å²) < 4.78 is 14.1. The van der Waals surface area contributed by atoms with Crippen LogP contribution in [0.4, 0.5) is 10.2 Å². The van der Waals surface area contributed by atoms with Gasteiger partial charge in [0.1, 0.15) is 0 Å². The van der Waals surface area contributed by atoms with Crippen molar-refractivity contribution in [2.75, 3.05) is 11.9 Å². The molecule has 1 unspecified atom stereocenters. The molecular formula is C13H13BrFN3. The molecule has 5 heteroatoms. The van der Waals surface area contributed by atoms with E-state index >= 15 is 0 Å². The number of nitrogens with one attached hydrogen (secondary N) is 1. The molecule has 0 bridgehead atoms. The van der Waals surface area contributed by atoms with Crippen LogP contribution < -0.4 is 11.1 Å². The lowest BCUT2D eigenvalue weighted by Crippen LogP contribution is -2.21. The van der Waals surface area contributed by atoms with Gasteiger partial charge in [0.05, 0.1) is 0 Å². The standard InChI is InChI=1S/C13H13BrFN3/c14-10-6-11(15)13(17-7-10)18-8-12(16)9-4-2-1-3-5-9/h1-7,12H,8,16H2,(H,17,18). The Balaban J connectivity index is 1.99. The molecule has 0 saturated carbocycles. The second-order valence-electron chi connectivity index (χ2n) is 3.88. The Morgan fingerprint density at radius 3 is 2.72 bits per heavy atom. The molecular weight excluding hydrogens is 297 g/mol. The van der Waals surface area contributed by atoms with Gasteiger partial charge >= 0.3 is 0 Å². The lowest BCUT2D eigenvalue weighted by atomic mass is 10.1. The molecule has 94 valence electrons. The Hall–Kier alpha value is -1.46. The third-order valence-corrected chi connectivity index (χ3v) is 2.96. The summed E-state index contributed by atoms with van der Waals surface area (Å²) in [4.78, 5) is 3.95. The average Bonchev–Trinajstić information content (AvgIpc) is 2.38. The molecule has 0 aliphatic carbocycles. The fraction of sp³-hybridized carbons (Fsp3) is 0.154. The lowest BCUT2D eigenvalue weighted by Gasteiger charge is -2.13. The third kappa shape index (κ3) is 3.27. The normalized spacial score (nSPS) is 12.2. The Labute approximate surface area is 113 Å². The van der Waals surface area contributed by atoms with Crippen LogP contribution >= 0.6 is 15.9 Å². The molecule has 0 aliphatic heterocycles. The molecule has 3 N–H and O–H groups in total. The van der Waals surface area contributed by atoms with Crippen molar-refractivity contribution in [2.45, 2.75) is 6.04 Å². The molecule has 0 spiro atoms. The number of anilines is 1. The highest BCUT2D eigenvalue weighted by molar-refractivity contribution is 9.10. The minimum Gasteiger partial charge on any atom is -0.366 e. The quantitative estimate of drug-likeness (QED) is 0.912. The van der Waals surface area contributed by atoms with Gasteiger partial charge in [-0.2, -0.15) is 0 Å². The number of hydrogen-bond acceptors (Lipinski definition) is 3. The first kappa shape index (κ1) is 13.0. The van der Waals surface area contributed by atoms with Gasteiger partial charge in [-0.3, -0.25) is 0 Å². The monoisotopic (exact) mass is 309 g/mol. The maximum absolute atomic E-state index is 13.5. The van der Waals surface area contributed by atoms with Gasteiger partial charge in [0.25, 0.3) is 0 Å². The Morgan fingerprint density at radius 1 is 1.33 bits per heavy atom. The lowest BCUT2D eigenvalue weighted by molar-refractivity contribution is 0.621. The summed E-state index contributed by atoms with van der Waals surface area (Å²) in [5.41, 5.74) is 7.00. The smallest absolute Gasteiger partial charge is 0.166 e. The second kappa shape index (κ2) is 5.93. The van der Waals surface area contributed by atoms with E-state index in [1.807, 2.05) is 30.3 Å². The number of nitrogens with two attached hydrogens (primary N) is 1. The molecule has 0 saturated heterocycles. The zero-order chi connectivity index (χ0) is 13.0. The number of halogens is 2. The highest BCUT2D eigenvalue weighted by atomic mass is 79.9. The summed E-state index contributed by atoms with van der Waals surface area (Å²) in [5.74, 6) is -0.186. The minimum absolute atomic E-state index is 0.198. The van der Waals surface area contributed by atoms with E-state index in [1.54, 1.807) is 6.20 Å². The van der Waals surface area contributed by atoms with Crippen LogP contribution in [0.3, 0.4) is 0 Å². The molecule has 1 aromatic heterocycles. The Kier molecular flexibility index (Phi) is 4.28. The maximum atomic E-state index is 13.5. The van der Waals surface area contributed by atoms with E-state index < -0.39 is 5.82 Å². The molecule has 1 heterocycles. The van der Waals surface area contributed by atoms with Crippen LogP contribution in [0.1, 0.15) is 11.6 Å². The molecule has 0 fully saturated rings. The number of rotatable bonds is 4. The maximum Gasteiger partial charge on any atom is 0.166 e. The summed E-state index contributed by atoms with van der Waals surface area (Å²) in [6, 6.07) is 10.8. The molecule has 0 radical (unpaired) electrons. The fourth-order valence-electron chi connectivity index (χ4n) is 1.57. The average molecular weight is 310 g/mol. The van der Waals surface area contributed by atoms with Gasteiger partial charge in [-0.05, 0) is 27.6 Å². The van der Waals surface area contributed by atoms with Crippen molar-refractivity contribution < 1.29 is 4.39 Å². The van der Waals surface area contributed by atoms with Gasteiger partial charge < -0.3 is 11.1 Å². The summed E-state index contributed by atoms with van der Waals surface area (Å²) in [7, 11) is 0. The van der Waals surface area contributed by atoms with Gasteiger partial charge in [-0.15, -0.1) is 0 Å². The van der Waals surface area contributed by atoms with Crippen molar-refractivity contribution in [1.29, 1.82) is 0 Å². The summed E-state index contributed by atoms with van der Waals surface area (Å²) >= 11 is 3.16. The van der Waals surface area contributed by atoms with Crippen LogP contribution in [0.5, 0.6) is 0 Å². The zero-order valence-electron chi connectivity index (χ0n) is 9.61. The first-order valence-corrected chi connectivity index (χ1v) is 6.31. The van der Waals surface area contributed by atoms with Crippen LogP contribution in [0, 0.1) is 5.82 Å². The summed E-state index contributed by atoms with van der Waals surface area (Å²) in [5, 5.41) is 2.91. The van der Waals surface area contributed by atoms with Gasteiger partial charge in [0.2, 0.25) is 0 Å². The van der Waals surface area contributed by atoms with Crippen LogP contribution in [0.2, 0.25) is 0 Å². The number of hydrogen-bond donors (Lipinski definition) is 2. The highest BCUT2D eigenvalue weighted by Gasteiger charge is 2.08. The largest absolute Gasteiger partial charge is 0.366 e. The van der Waals surface area contributed by atoms with Crippen molar-refractivity contribution >= 4 is 21.7 Å². The Morgan fingerprint density at radius 2 is 2.06 bits per heavy atom.